The predicted octanol–water partition coefficient (Wildman–Crippen LogP) is 2.24. The van der Waals surface area contributed by atoms with Gasteiger partial charge in [0.05, 0.1) is 12.2 Å². The van der Waals surface area contributed by atoms with Crippen LogP contribution in [0.1, 0.15) is 6.42 Å². The normalized spacial score (nSPS) is 10.6. The topological polar surface area (TPSA) is 64.7 Å². The van der Waals surface area contributed by atoms with Gasteiger partial charge in [0.1, 0.15) is 18.5 Å². The second-order valence-corrected chi connectivity index (χ2v) is 4.71. The van der Waals surface area contributed by atoms with Crippen LogP contribution in [0.5, 0.6) is 0 Å². The number of amides is 1. The van der Waals surface area contributed by atoms with E-state index >= 15 is 0 Å². The number of hydrogen-bond acceptors (Lipinski definition) is 3. The van der Waals surface area contributed by atoms with Gasteiger partial charge in [-0.25, -0.2) is 9.37 Å². The fourth-order valence-electron chi connectivity index (χ4n) is 2.07. The van der Waals surface area contributed by atoms with Gasteiger partial charge in [0.15, 0.2) is 0 Å². The summed E-state index contributed by atoms with van der Waals surface area (Å²) < 4.78 is 17.1. The zero-order valence-electron chi connectivity index (χ0n) is 11.7. The molecule has 0 fully saturated rings. The first-order valence-corrected chi connectivity index (χ1v) is 6.77. The minimum Gasteiger partial charge on any atom is -0.326 e. The van der Waals surface area contributed by atoms with Crippen molar-refractivity contribution < 1.29 is 9.18 Å². The van der Waals surface area contributed by atoms with Gasteiger partial charge in [-0.3, -0.25) is 9.48 Å². The highest BCUT2D eigenvalue weighted by Crippen LogP contribution is 2.19. The molecule has 2 aromatic heterocycles. The minimum absolute atomic E-state index is 0.166. The third-order valence-corrected chi connectivity index (χ3v) is 3.15. The second kappa shape index (κ2) is 6.21. The van der Waals surface area contributed by atoms with E-state index in [-0.39, 0.29) is 18.1 Å². The molecule has 0 aliphatic carbocycles. The van der Waals surface area contributed by atoms with Gasteiger partial charge in [-0.1, -0.05) is 0 Å². The number of aromatic nitrogens is 4. The number of nitrogens with one attached hydrogen (secondary N) is 1. The number of halogens is 1. The molecule has 1 aromatic carbocycles. The first-order valence-electron chi connectivity index (χ1n) is 6.77. The van der Waals surface area contributed by atoms with Crippen LogP contribution in [0.2, 0.25) is 0 Å². The lowest BCUT2D eigenvalue weighted by molar-refractivity contribution is -0.116. The molecule has 22 heavy (non-hydrogen) atoms. The largest absolute Gasteiger partial charge is 0.326 e. The summed E-state index contributed by atoms with van der Waals surface area (Å²) in [5, 5.41) is 6.68. The molecule has 0 aliphatic heterocycles. The van der Waals surface area contributed by atoms with Crippen molar-refractivity contribution in [3.8, 4) is 5.69 Å². The number of aryl methyl sites for hydroxylation is 1. The maximum Gasteiger partial charge on any atom is 0.226 e. The fourth-order valence-corrected chi connectivity index (χ4v) is 2.07. The molecule has 0 aliphatic rings. The second-order valence-electron chi connectivity index (χ2n) is 4.71. The Balaban J connectivity index is 1.67. The molecule has 0 radical (unpaired) electrons. The molecule has 112 valence electrons. The zero-order chi connectivity index (χ0) is 15.4. The Bertz CT molecular complexity index is 752. The summed E-state index contributed by atoms with van der Waals surface area (Å²) in [7, 11) is 0. The Morgan fingerprint density at radius 2 is 2.09 bits per heavy atom. The van der Waals surface area contributed by atoms with Crippen molar-refractivity contribution in [1.82, 2.24) is 19.3 Å². The minimum atomic E-state index is -0.350. The number of rotatable bonds is 5. The average Bonchev–Trinajstić information content (AvgIpc) is 3.20. The Hall–Kier alpha value is -2.96. The first kappa shape index (κ1) is 14.0. The SMILES string of the molecule is O=C(CCn1cncn1)Nc1ccc(F)c(-n2cccc2)c1. The van der Waals surface area contributed by atoms with E-state index in [1.807, 2.05) is 12.1 Å². The summed E-state index contributed by atoms with van der Waals surface area (Å²) in [5.74, 6) is -0.516. The quantitative estimate of drug-likeness (QED) is 0.785. The molecule has 6 nitrogen and oxygen atoms in total. The average molecular weight is 299 g/mol. The highest BCUT2D eigenvalue weighted by Gasteiger charge is 2.08. The van der Waals surface area contributed by atoms with Crippen molar-refractivity contribution >= 4 is 11.6 Å². The molecule has 3 aromatic rings. The first-order chi connectivity index (χ1) is 10.7. The van der Waals surface area contributed by atoms with Crippen LogP contribution in [0, 0.1) is 5.82 Å². The van der Waals surface area contributed by atoms with Crippen molar-refractivity contribution in [2.75, 3.05) is 5.32 Å². The summed E-state index contributed by atoms with van der Waals surface area (Å²) in [6, 6.07) is 8.09. The molecule has 0 atom stereocenters. The lowest BCUT2D eigenvalue weighted by Crippen LogP contribution is -2.15. The maximum absolute atomic E-state index is 13.9. The van der Waals surface area contributed by atoms with Crippen LogP contribution in [0.25, 0.3) is 5.69 Å². The van der Waals surface area contributed by atoms with Crippen molar-refractivity contribution in [3.05, 3.63) is 61.2 Å². The number of carbonyl (C=O) groups is 1. The molecular formula is C15H14FN5O. The Morgan fingerprint density at radius 3 is 2.82 bits per heavy atom. The van der Waals surface area contributed by atoms with E-state index in [0.29, 0.717) is 17.9 Å². The Morgan fingerprint density at radius 1 is 1.27 bits per heavy atom. The number of nitrogens with zero attached hydrogens (tertiary/aromatic N) is 4. The van der Waals surface area contributed by atoms with Crippen LogP contribution in [-0.2, 0) is 11.3 Å². The van der Waals surface area contributed by atoms with Gasteiger partial charge in [0, 0.05) is 24.5 Å². The van der Waals surface area contributed by atoms with Gasteiger partial charge in [0.2, 0.25) is 5.91 Å². The van der Waals surface area contributed by atoms with Crippen LogP contribution in [0.4, 0.5) is 10.1 Å². The molecule has 0 unspecified atom stereocenters. The molecule has 0 saturated carbocycles. The number of benzene rings is 1. The van der Waals surface area contributed by atoms with Crippen LogP contribution in [-0.4, -0.2) is 25.2 Å². The molecule has 0 bridgehead atoms. The summed E-state index contributed by atoms with van der Waals surface area (Å²) in [4.78, 5) is 15.7. The zero-order valence-corrected chi connectivity index (χ0v) is 11.7. The molecule has 7 heteroatoms. The van der Waals surface area contributed by atoms with Gasteiger partial charge in [-0.15, -0.1) is 0 Å². The monoisotopic (exact) mass is 299 g/mol. The van der Waals surface area contributed by atoms with Crippen LogP contribution < -0.4 is 5.32 Å². The molecule has 1 N–H and O–H groups in total. The van der Waals surface area contributed by atoms with Gasteiger partial charge in [-0.2, -0.15) is 5.10 Å². The van der Waals surface area contributed by atoms with Crippen LogP contribution in [0.3, 0.4) is 0 Å². The number of carbonyl (C=O) groups excluding carboxylic acids is 1. The Labute approximate surface area is 126 Å². The molecule has 1 amide bonds. The summed E-state index contributed by atoms with van der Waals surface area (Å²) in [5.41, 5.74) is 0.938. The van der Waals surface area contributed by atoms with E-state index in [2.05, 4.69) is 15.4 Å². The van der Waals surface area contributed by atoms with E-state index in [1.54, 1.807) is 34.0 Å². The lowest BCUT2D eigenvalue weighted by Gasteiger charge is -2.09. The third-order valence-electron chi connectivity index (χ3n) is 3.15. The smallest absolute Gasteiger partial charge is 0.226 e. The van der Waals surface area contributed by atoms with Crippen molar-refractivity contribution in [2.24, 2.45) is 0 Å². The van der Waals surface area contributed by atoms with E-state index in [4.69, 9.17) is 0 Å². The van der Waals surface area contributed by atoms with E-state index < -0.39 is 0 Å². The maximum atomic E-state index is 13.9. The molecule has 0 spiro atoms. The van der Waals surface area contributed by atoms with E-state index in [1.165, 1.54) is 18.5 Å². The van der Waals surface area contributed by atoms with Crippen molar-refractivity contribution in [1.29, 1.82) is 0 Å². The molecule has 3 rings (SSSR count). The summed E-state index contributed by atoms with van der Waals surface area (Å²) in [6.45, 7) is 0.442. The van der Waals surface area contributed by atoms with E-state index in [0.717, 1.165) is 0 Å². The van der Waals surface area contributed by atoms with Gasteiger partial charge < -0.3 is 9.88 Å². The lowest BCUT2D eigenvalue weighted by atomic mass is 10.2. The summed E-state index contributed by atoms with van der Waals surface area (Å²) >= 11 is 0. The molecular weight excluding hydrogens is 285 g/mol. The number of anilines is 1. The fraction of sp³-hybridized carbons (Fsp3) is 0.133. The molecule has 0 saturated heterocycles. The van der Waals surface area contributed by atoms with Crippen molar-refractivity contribution in [3.63, 3.8) is 0 Å². The summed E-state index contributed by atoms with van der Waals surface area (Å²) in [6.07, 6.45) is 6.72. The van der Waals surface area contributed by atoms with Gasteiger partial charge >= 0.3 is 0 Å². The highest BCUT2D eigenvalue weighted by molar-refractivity contribution is 5.90. The predicted molar refractivity (Wildman–Crippen MR) is 79.0 cm³/mol. The van der Waals surface area contributed by atoms with E-state index in [9.17, 15) is 9.18 Å². The standard InChI is InChI=1S/C15H14FN5O/c16-13-4-3-12(9-14(13)20-6-1-2-7-20)19-15(22)5-8-21-11-17-10-18-21/h1-4,6-7,9-11H,5,8H2,(H,19,22). The van der Waals surface area contributed by atoms with Gasteiger partial charge in [0.25, 0.3) is 0 Å². The van der Waals surface area contributed by atoms with Crippen LogP contribution in [0.15, 0.2) is 55.4 Å². The third kappa shape index (κ3) is 3.20. The Kier molecular flexibility index (Phi) is 3.95. The molecule has 2 heterocycles. The number of hydrogen-bond donors (Lipinski definition) is 1. The van der Waals surface area contributed by atoms with Gasteiger partial charge in [-0.05, 0) is 30.3 Å². The highest BCUT2D eigenvalue weighted by atomic mass is 19.1. The van der Waals surface area contributed by atoms with Crippen LogP contribution >= 0.6 is 0 Å². The van der Waals surface area contributed by atoms with Crippen molar-refractivity contribution in [2.45, 2.75) is 13.0 Å².